The van der Waals surface area contributed by atoms with Crippen molar-refractivity contribution in [1.29, 1.82) is 5.41 Å². The van der Waals surface area contributed by atoms with E-state index >= 15 is 0 Å². The van der Waals surface area contributed by atoms with Crippen LogP contribution < -0.4 is 5.32 Å². The minimum absolute atomic E-state index is 0.356. The highest BCUT2D eigenvalue weighted by Crippen LogP contribution is 2.25. The first-order chi connectivity index (χ1) is 9.60. The Labute approximate surface area is 121 Å². The van der Waals surface area contributed by atoms with Crippen molar-refractivity contribution in [2.75, 3.05) is 5.32 Å². The Bertz CT molecular complexity index is 562. The van der Waals surface area contributed by atoms with Gasteiger partial charge in [-0.1, -0.05) is 49.4 Å². The van der Waals surface area contributed by atoms with Gasteiger partial charge in [-0.25, -0.2) is 0 Å². The van der Waals surface area contributed by atoms with Crippen molar-refractivity contribution in [2.45, 2.75) is 26.7 Å². The summed E-state index contributed by atoms with van der Waals surface area (Å²) in [7, 11) is 0. The van der Waals surface area contributed by atoms with E-state index in [0.29, 0.717) is 11.6 Å². The molecule has 0 fully saturated rings. The van der Waals surface area contributed by atoms with Gasteiger partial charge in [0.15, 0.2) is 0 Å². The number of nitrogens with one attached hydrogen (secondary N) is 2. The number of benzene rings is 1. The number of hydrogen-bond donors (Lipinski definition) is 2. The second-order valence-electron chi connectivity index (χ2n) is 5.19. The van der Waals surface area contributed by atoms with Crippen molar-refractivity contribution in [2.24, 2.45) is 5.92 Å². The Balaban J connectivity index is 1.97. The van der Waals surface area contributed by atoms with Gasteiger partial charge in [0.1, 0.15) is 0 Å². The monoisotopic (exact) mass is 266 g/mol. The fraction of sp³-hybridized carbons (Fsp3) is 0.278. The van der Waals surface area contributed by atoms with Crippen molar-refractivity contribution in [3.63, 3.8) is 0 Å². The third-order valence-corrected chi connectivity index (χ3v) is 3.66. The molecule has 1 aliphatic rings. The van der Waals surface area contributed by atoms with Crippen LogP contribution in [0.1, 0.15) is 32.3 Å². The van der Waals surface area contributed by atoms with Gasteiger partial charge in [-0.3, -0.25) is 0 Å². The van der Waals surface area contributed by atoms with Gasteiger partial charge >= 0.3 is 0 Å². The fourth-order valence-electron chi connectivity index (χ4n) is 2.27. The van der Waals surface area contributed by atoms with E-state index in [1.165, 1.54) is 5.57 Å². The maximum absolute atomic E-state index is 7.59. The molecule has 1 aromatic rings. The normalized spacial score (nSPS) is 17.5. The van der Waals surface area contributed by atoms with Crippen molar-refractivity contribution in [1.82, 2.24) is 0 Å². The van der Waals surface area contributed by atoms with Crippen molar-refractivity contribution in [3.05, 3.63) is 65.9 Å². The summed E-state index contributed by atoms with van der Waals surface area (Å²) in [4.78, 5) is 0. The Kier molecular flexibility index (Phi) is 4.57. The van der Waals surface area contributed by atoms with Gasteiger partial charge in [-0.2, -0.15) is 0 Å². The second-order valence-corrected chi connectivity index (χ2v) is 5.19. The highest BCUT2D eigenvalue weighted by atomic mass is 14.9. The molecule has 1 aliphatic carbocycles. The molecule has 1 unspecified atom stereocenters. The lowest BCUT2D eigenvalue weighted by Gasteiger charge is -2.20. The van der Waals surface area contributed by atoms with Gasteiger partial charge in [0.2, 0.25) is 0 Å². The molecule has 1 atom stereocenters. The molecule has 0 heterocycles. The minimum Gasteiger partial charge on any atom is -0.359 e. The smallest absolute Gasteiger partial charge is 0.0382 e. The minimum atomic E-state index is 0.356. The molecule has 2 heteroatoms. The van der Waals surface area contributed by atoms with Crippen LogP contribution in [0.25, 0.3) is 0 Å². The standard InChI is InChI=1S/C18H22N2/c1-4-15-5-7-17(8-6-15)14(3)20-18-11-9-16(10-12-18)13(2)19/h5-7,9-12,17,19-20H,3-4,8H2,1-2H3. The summed E-state index contributed by atoms with van der Waals surface area (Å²) in [5.41, 5.74) is 4.99. The number of anilines is 1. The topological polar surface area (TPSA) is 35.9 Å². The summed E-state index contributed by atoms with van der Waals surface area (Å²) in [5.74, 6) is 0.356. The quantitative estimate of drug-likeness (QED) is 0.730. The van der Waals surface area contributed by atoms with Crippen LogP contribution in [0.2, 0.25) is 0 Å². The SMILES string of the molecule is C=C(Nc1ccc(C(C)=N)cc1)C1C=CC(CC)=CC1. The van der Waals surface area contributed by atoms with E-state index < -0.39 is 0 Å². The van der Waals surface area contributed by atoms with E-state index in [9.17, 15) is 0 Å². The number of rotatable bonds is 5. The molecule has 2 N–H and O–H groups in total. The summed E-state index contributed by atoms with van der Waals surface area (Å²) in [6.45, 7) is 8.12. The molecule has 0 amide bonds. The highest BCUT2D eigenvalue weighted by Gasteiger charge is 2.11. The zero-order chi connectivity index (χ0) is 14.5. The van der Waals surface area contributed by atoms with Gasteiger partial charge in [-0.15, -0.1) is 0 Å². The van der Waals surface area contributed by atoms with Crippen LogP contribution in [-0.4, -0.2) is 5.71 Å². The molecule has 0 aliphatic heterocycles. The maximum Gasteiger partial charge on any atom is 0.0382 e. The van der Waals surface area contributed by atoms with Gasteiger partial charge in [0.05, 0.1) is 0 Å². The van der Waals surface area contributed by atoms with Gasteiger partial charge in [-0.05, 0) is 37.5 Å². The van der Waals surface area contributed by atoms with Gasteiger partial charge < -0.3 is 10.7 Å². The van der Waals surface area contributed by atoms with Crippen molar-refractivity contribution in [3.8, 4) is 0 Å². The third-order valence-electron chi connectivity index (χ3n) is 3.66. The highest BCUT2D eigenvalue weighted by molar-refractivity contribution is 5.96. The zero-order valence-electron chi connectivity index (χ0n) is 12.2. The maximum atomic E-state index is 7.59. The summed E-state index contributed by atoms with van der Waals surface area (Å²) in [6.07, 6.45) is 8.82. The van der Waals surface area contributed by atoms with E-state index in [1.807, 2.05) is 24.3 Å². The van der Waals surface area contributed by atoms with E-state index in [2.05, 4.69) is 37.0 Å². The van der Waals surface area contributed by atoms with Crippen LogP contribution in [0, 0.1) is 11.3 Å². The van der Waals surface area contributed by atoms with E-state index in [4.69, 9.17) is 5.41 Å². The van der Waals surface area contributed by atoms with Crippen LogP contribution in [0.4, 0.5) is 5.69 Å². The molecule has 0 saturated carbocycles. The van der Waals surface area contributed by atoms with Crippen LogP contribution >= 0.6 is 0 Å². The molecule has 0 radical (unpaired) electrons. The fourth-order valence-corrected chi connectivity index (χ4v) is 2.27. The van der Waals surface area contributed by atoms with Gasteiger partial charge in [0.25, 0.3) is 0 Å². The second kappa shape index (κ2) is 6.38. The number of hydrogen-bond acceptors (Lipinski definition) is 2. The van der Waals surface area contributed by atoms with E-state index in [0.717, 1.165) is 29.8 Å². The van der Waals surface area contributed by atoms with Crippen LogP contribution in [0.3, 0.4) is 0 Å². The third kappa shape index (κ3) is 3.47. The van der Waals surface area contributed by atoms with Crippen LogP contribution in [0.15, 0.2) is 60.3 Å². The Morgan fingerprint density at radius 1 is 1.35 bits per heavy atom. The molecule has 0 saturated heterocycles. The first-order valence-electron chi connectivity index (χ1n) is 7.08. The summed E-state index contributed by atoms with van der Waals surface area (Å²) in [5, 5.41) is 11.0. The van der Waals surface area contributed by atoms with Crippen LogP contribution in [0.5, 0.6) is 0 Å². The summed E-state index contributed by atoms with van der Waals surface area (Å²) in [6, 6.07) is 7.92. The Morgan fingerprint density at radius 2 is 2.05 bits per heavy atom. The summed E-state index contributed by atoms with van der Waals surface area (Å²) >= 11 is 0. The summed E-state index contributed by atoms with van der Waals surface area (Å²) < 4.78 is 0. The molecule has 1 aromatic carbocycles. The van der Waals surface area contributed by atoms with Crippen molar-refractivity contribution >= 4 is 11.4 Å². The molecule has 0 spiro atoms. The molecule has 2 nitrogen and oxygen atoms in total. The average Bonchev–Trinajstić information content (AvgIpc) is 2.48. The molecule has 0 aromatic heterocycles. The Morgan fingerprint density at radius 3 is 2.55 bits per heavy atom. The number of allylic oxidation sites excluding steroid dienone is 4. The lowest BCUT2D eigenvalue weighted by atomic mass is 9.93. The first kappa shape index (κ1) is 14.3. The largest absolute Gasteiger partial charge is 0.359 e. The predicted octanol–water partition coefficient (Wildman–Crippen LogP) is 4.91. The molecular formula is C18H22N2. The molecule has 20 heavy (non-hydrogen) atoms. The zero-order valence-corrected chi connectivity index (χ0v) is 12.2. The van der Waals surface area contributed by atoms with E-state index in [-0.39, 0.29) is 0 Å². The molecule has 0 bridgehead atoms. The van der Waals surface area contributed by atoms with Gasteiger partial charge in [0, 0.05) is 23.0 Å². The molecule has 104 valence electrons. The lowest BCUT2D eigenvalue weighted by molar-refractivity contribution is 0.763. The average molecular weight is 266 g/mol. The van der Waals surface area contributed by atoms with E-state index in [1.54, 1.807) is 6.92 Å². The molecular weight excluding hydrogens is 244 g/mol. The predicted molar refractivity (Wildman–Crippen MR) is 87.3 cm³/mol. The Hall–Kier alpha value is -2.09. The lowest BCUT2D eigenvalue weighted by Crippen LogP contribution is -2.10. The van der Waals surface area contributed by atoms with Crippen LogP contribution in [-0.2, 0) is 0 Å². The molecule has 2 rings (SSSR count). The first-order valence-corrected chi connectivity index (χ1v) is 7.08. The van der Waals surface area contributed by atoms with Crippen molar-refractivity contribution < 1.29 is 0 Å².